The van der Waals surface area contributed by atoms with Crippen LogP contribution in [0.5, 0.6) is 0 Å². The van der Waals surface area contributed by atoms with Crippen molar-refractivity contribution in [1.29, 1.82) is 0 Å². The molecule has 1 atom stereocenters. The highest BCUT2D eigenvalue weighted by atomic mass is 32.1. The molecule has 0 radical (unpaired) electrons. The summed E-state index contributed by atoms with van der Waals surface area (Å²) < 4.78 is 0. The maximum atomic E-state index is 11.2. The van der Waals surface area contributed by atoms with Crippen molar-refractivity contribution in [3.63, 3.8) is 0 Å². The largest absolute Gasteiger partial charge is 0.302 e. The number of nitrogens with one attached hydrogen (secondary N) is 2. The molecule has 0 spiro atoms. The van der Waals surface area contributed by atoms with Gasteiger partial charge in [0.15, 0.2) is 5.13 Å². The van der Waals surface area contributed by atoms with Crippen LogP contribution in [0.1, 0.15) is 36.9 Å². The third kappa shape index (κ3) is 4.61. The SMILES string of the molecule is CC(=O)Nc1ncc2c(n1)CCN(Cc1cnc(NC(C)=O)s1)C(C)C2. The van der Waals surface area contributed by atoms with E-state index in [1.807, 2.05) is 12.4 Å². The van der Waals surface area contributed by atoms with Gasteiger partial charge < -0.3 is 5.32 Å². The minimum atomic E-state index is -0.172. The van der Waals surface area contributed by atoms with Gasteiger partial charge in [0.2, 0.25) is 17.8 Å². The van der Waals surface area contributed by atoms with Crippen molar-refractivity contribution in [3.05, 3.63) is 28.5 Å². The van der Waals surface area contributed by atoms with E-state index in [2.05, 4.69) is 37.4 Å². The number of rotatable bonds is 4. The molecular weight excluding hydrogens is 352 g/mol. The molecule has 0 saturated heterocycles. The topological polar surface area (TPSA) is 100 Å². The molecule has 1 aliphatic heterocycles. The monoisotopic (exact) mass is 374 g/mol. The van der Waals surface area contributed by atoms with Gasteiger partial charge in [-0.05, 0) is 18.9 Å². The van der Waals surface area contributed by atoms with Crippen LogP contribution < -0.4 is 10.6 Å². The third-order valence-electron chi connectivity index (χ3n) is 4.21. The minimum Gasteiger partial charge on any atom is -0.302 e. The zero-order valence-electron chi connectivity index (χ0n) is 15.1. The molecule has 1 unspecified atom stereocenters. The number of fused-ring (bicyclic) bond motifs is 1. The summed E-state index contributed by atoms with van der Waals surface area (Å²) in [6, 6.07) is 0.331. The summed E-state index contributed by atoms with van der Waals surface area (Å²) in [5.41, 5.74) is 2.11. The van der Waals surface area contributed by atoms with E-state index in [1.165, 1.54) is 25.2 Å². The van der Waals surface area contributed by atoms with Crippen LogP contribution in [-0.4, -0.2) is 44.3 Å². The van der Waals surface area contributed by atoms with E-state index < -0.39 is 0 Å². The Bertz CT molecular complexity index is 821. The number of hydrogen-bond donors (Lipinski definition) is 2. The Balaban J connectivity index is 1.69. The average molecular weight is 374 g/mol. The van der Waals surface area contributed by atoms with Crippen LogP contribution in [0.25, 0.3) is 0 Å². The molecule has 3 rings (SSSR count). The lowest BCUT2D eigenvalue weighted by Gasteiger charge is -2.25. The Morgan fingerprint density at radius 3 is 2.73 bits per heavy atom. The van der Waals surface area contributed by atoms with Crippen LogP contribution >= 0.6 is 11.3 Å². The highest BCUT2D eigenvalue weighted by Crippen LogP contribution is 2.24. The number of amides is 2. The van der Waals surface area contributed by atoms with Gasteiger partial charge in [-0.15, -0.1) is 11.3 Å². The fraction of sp³-hybridized carbons (Fsp3) is 0.471. The molecule has 2 aromatic rings. The highest BCUT2D eigenvalue weighted by Gasteiger charge is 2.23. The first kappa shape index (κ1) is 18.4. The second-order valence-electron chi connectivity index (χ2n) is 6.43. The van der Waals surface area contributed by atoms with Crippen molar-refractivity contribution in [3.8, 4) is 0 Å². The quantitative estimate of drug-likeness (QED) is 0.847. The molecule has 0 aromatic carbocycles. The van der Waals surface area contributed by atoms with Crippen LogP contribution in [0, 0.1) is 0 Å². The number of thiazole rings is 1. The Morgan fingerprint density at radius 1 is 1.23 bits per heavy atom. The van der Waals surface area contributed by atoms with Crippen molar-refractivity contribution in [2.45, 2.75) is 46.2 Å². The van der Waals surface area contributed by atoms with E-state index in [-0.39, 0.29) is 11.8 Å². The summed E-state index contributed by atoms with van der Waals surface area (Å²) >= 11 is 1.50. The molecule has 2 N–H and O–H groups in total. The molecule has 138 valence electrons. The van der Waals surface area contributed by atoms with Gasteiger partial charge in [0, 0.05) is 56.7 Å². The Hall–Kier alpha value is -2.39. The van der Waals surface area contributed by atoms with Gasteiger partial charge in [0.1, 0.15) is 0 Å². The number of aromatic nitrogens is 3. The fourth-order valence-corrected chi connectivity index (χ4v) is 3.87. The number of nitrogens with zero attached hydrogens (tertiary/aromatic N) is 4. The number of anilines is 2. The molecule has 9 heteroatoms. The maximum absolute atomic E-state index is 11.2. The molecule has 0 aliphatic carbocycles. The zero-order chi connectivity index (χ0) is 18.7. The number of carbonyl (C=O) groups excluding carboxylic acids is 2. The lowest BCUT2D eigenvalue weighted by molar-refractivity contribution is -0.115. The predicted octanol–water partition coefficient (Wildman–Crippen LogP) is 1.84. The molecule has 8 nitrogen and oxygen atoms in total. The molecule has 1 aliphatic rings. The lowest BCUT2D eigenvalue weighted by atomic mass is 10.1. The highest BCUT2D eigenvalue weighted by molar-refractivity contribution is 7.15. The van der Waals surface area contributed by atoms with Gasteiger partial charge in [-0.1, -0.05) is 0 Å². The van der Waals surface area contributed by atoms with E-state index in [0.717, 1.165) is 42.1 Å². The Morgan fingerprint density at radius 2 is 2.00 bits per heavy atom. The van der Waals surface area contributed by atoms with Crippen LogP contribution in [0.2, 0.25) is 0 Å². The maximum Gasteiger partial charge on any atom is 0.229 e. The van der Waals surface area contributed by atoms with Gasteiger partial charge in [0.25, 0.3) is 0 Å². The predicted molar refractivity (Wildman–Crippen MR) is 100 cm³/mol. The second kappa shape index (κ2) is 7.88. The smallest absolute Gasteiger partial charge is 0.229 e. The summed E-state index contributed by atoms with van der Waals surface area (Å²) in [6.07, 6.45) is 5.28. The van der Waals surface area contributed by atoms with Crippen LogP contribution in [0.4, 0.5) is 11.1 Å². The van der Waals surface area contributed by atoms with E-state index in [1.54, 1.807) is 0 Å². The number of hydrogen-bond acceptors (Lipinski definition) is 7. The van der Waals surface area contributed by atoms with Crippen molar-refractivity contribution in [1.82, 2.24) is 19.9 Å². The first-order chi connectivity index (χ1) is 12.4. The normalized spacial score (nSPS) is 17.3. The summed E-state index contributed by atoms with van der Waals surface area (Å²) in [5, 5.41) is 5.99. The molecule has 0 saturated carbocycles. The van der Waals surface area contributed by atoms with E-state index in [0.29, 0.717) is 17.1 Å². The van der Waals surface area contributed by atoms with Crippen molar-refractivity contribution < 1.29 is 9.59 Å². The van der Waals surface area contributed by atoms with Gasteiger partial charge >= 0.3 is 0 Å². The average Bonchev–Trinajstić information content (AvgIpc) is 2.92. The van der Waals surface area contributed by atoms with E-state index in [4.69, 9.17) is 0 Å². The second-order valence-corrected chi connectivity index (χ2v) is 7.55. The van der Waals surface area contributed by atoms with Crippen LogP contribution in [0.15, 0.2) is 12.4 Å². The molecule has 0 bridgehead atoms. The molecule has 26 heavy (non-hydrogen) atoms. The summed E-state index contributed by atoms with van der Waals surface area (Å²) in [4.78, 5) is 38.8. The first-order valence-corrected chi connectivity index (χ1v) is 9.31. The molecule has 3 heterocycles. The molecule has 2 amide bonds. The summed E-state index contributed by atoms with van der Waals surface area (Å²) in [5.74, 6) is 0.0755. The third-order valence-corrected chi connectivity index (χ3v) is 5.11. The molecule has 0 fully saturated rings. The summed E-state index contributed by atoms with van der Waals surface area (Å²) in [7, 11) is 0. The van der Waals surface area contributed by atoms with Gasteiger partial charge in [-0.2, -0.15) is 0 Å². The van der Waals surface area contributed by atoms with Crippen molar-refractivity contribution in [2.75, 3.05) is 17.2 Å². The van der Waals surface area contributed by atoms with E-state index in [9.17, 15) is 9.59 Å². The Kier molecular flexibility index (Phi) is 5.58. The Labute approximate surface area is 156 Å². The minimum absolute atomic E-state index is 0.113. The zero-order valence-corrected chi connectivity index (χ0v) is 15.9. The van der Waals surface area contributed by atoms with Crippen molar-refractivity contribution >= 4 is 34.2 Å². The molecule has 2 aromatic heterocycles. The van der Waals surface area contributed by atoms with Gasteiger partial charge in [0.05, 0.1) is 5.69 Å². The van der Waals surface area contributed by atoms with Crippen LogP contribution in [-0.2, 0) is 29.0 Å². The standard InChI is InChI=1S/C17H22N6O2S/c1-10-6-13-7-18-16(20-11(2)24)22-15(13)4-5-23(10)9-14-8-19-17(26-14)21-12(3)25/h7-8,10H,4-6,9H2,1-3H3,(H,19,21,25)(H,18,20,22,24). The lowest BCUT2D eigenvalue weighted by Crippen LogP contribution is -2.33. The number of carbonyl (C=O) groups is 2. The first-order valence-electron chi connectivity index (χ1n) is 8.49. The van der Waals surface area contributed by atoms with Gasteiger partial charge in [-0.3, -0.25) is 19.8 Å². The van der Waals surface area contributed by atoms with Gasteiger partial charge in [-0.25, -0.2) is 15.0 Å². The molecular formula is C17H22N6O2S. The summed E-state index contributed by atoms with van der Waals surface area (Å²) in [6.45, 7) is 6.75. The fourth-order valence-electron chi connectivity index (χ4n) is 2.99. The van der Waals surface area contributed by atoms with E-state index >= 15 is 0 Å². The van der Waals surface area contributed by atoms with Crippen molar-refractivity contribution in [2.24, 2.45) is 0 Å². The van der Waals surface area contributed by atoms with Crippen LogP contribution in [0.3, 0.4) is 0 Å².